The predicted molar refractivity (Wildman–Crippen MR) is 90.8 cm³/mol. The van der Waals surface area contributed by atoms with Crippen molar-refractivity contribution in [1.82, 2.24) is 0 Å². The van der Waals surface area contributed by atoms with E-state index < -0.39 is 0 Å². The van der Waals surface area contributed by atoms with Gasteiger partial charge in [0.2, 0.25) is 12.3 Å². The molecule has 2 aromatic carbocycles. The van der Waals surface area contributed by atoms with Crippen LogP contribution in [0.3, 0.4) is 0 Å². The summed E-state index contributed by atoms with van der Waals surface area (Å²) in [7, 11) is 0. The SMILES string of the molecule is C=CCSc1cc(-c2ccccc2)o[n+]1Cc1ccccc1.[Br-]. The normalized spacial score (nSPS) is 10.1. The Morgan fingerprint density at radius 1 is 1.00 bits per heavy atom. The van der Waals surface area contributed by atoms with E-state index in [1.54, 1.807) is 11.8 Å². The molecular formula is C19H18BrNOS. The third-order valence-corrected chi connectivity index (χ3v) is 4.30. The minimum absolute atomic E-state index is 0. The van der Waals surface area contributed by atoms with Gasteiger partial charge >= 0.3 is 0 Å². The van der Waals surface area contributed by atoms with E-state index in [0.717, 1.165) is 28.6 Å². The first-order valence-electron chi connectivity index (χ1n) is 7.24. The monoisotopic (exact) mass is 387 g/mol. The molecule has 0 aliphatic rings. The molecule has 1 aromatic heterocycles. The van der Waals surface area contributed by atoms with Crippen molar-refractivity contribution < 1.29 is 26.2 Å². The number of halogens is 1. The average molecular weight is 388 g/mol. The smallest absolute Gasteiger partial charge is 0.289 e. The van der Waals surface area contributed by atoms with Gasteiger partial charge in [-0.3, -0.25) is 0 Å². The summed E-state index contributed by atoms with van der Waals surface area (Å²) in [5.41, 5.74) is 2.32. The van der Waals surface area contributed by atoms with Crippen LogP contribution in [0.2, 0.25) is 0 Å². The number of hydrogen-bond donors (Lipinski definition) is 0. The van der Waals surface area contributed by atoms with Crippen molar-refractivity contribution in [3.05, 3.63) is 84.9 Å². The largest absolute Gasteiger partial charge is 1.00 e. The minimum Gasteiger partial charge on any atom is -1.00 e. The molecule has 1 heterocycles. The fourth-order valence-corrected chi connectivity index (χ4v) is 2.95. The third kappa shape index (κ3) is 4.60. The van der Waals surface area contributed by atoms with Gasteiger partial charge in [-0.05, 0) is 16.5 Å². The molecule has 0 spiro atoms. The van der Waals surface area contributed by atoms with Crippen LogP contribution in [0.15, 0.2) is 88.9 Å². The van der Waals surface area contributed by atoms with E-state index in [1.807, 2.05) is 47.2 Å². The molecule has 0 atom stereocenters. The molecule has 4 heteroatoms. The van der Waals surface area contributed by atoms with E-state index >= 15 is 0 Å². The third-order valence-electron chi connectivity index (χ3n) is 3.29. The Morgan fingerprint density at radius 3 is 2.30 bits per heavy atom. The fourth-order valence-electron chi connectivity index (χ4n) is 2.23. The molecule has 3 rings (SSSR count). The first-order valence-corrected chi connectivity index (χ1v) is 8.22. The van der Waals surface area contributed by atoms with Crippen molar-refractivity contribution in [2.24, 2.45) is 0 Å². The van der Waals surface area contributed by atoms with Gasteiger partial charge in [-0.15, -0.1) is 6.58 Å². The van der Waals surface area contributed by atoms with E-state index in [0.29, 0.717) is 0 Å². The second kappa shape index (κ2) is 8.75. The fraction of sp³-hybridized carbons (Fsp3) is 0.105. The Balaban J connectivity index is 0.00000192. The van der Waals surface area contributed by atoms with Crippen molar-refractivity contribution in [2.45, 2.75) is 11.6 Å². The summed E-state index contributed by atoms with van der Waals surface area (Å²) < 4.78 is 8.01. The van der Waals surface area contributed by atoms with Crippen LogP contribution in [-0.4, -0.2) is 5.75 Å². The zero-order valence-electron chi connectivity index (χ0n) is 12.7. The first kappa shape index (κ1) is 17.6. The summed E-state index contributed by atoms with van der Waals surface area (Å²) in [4.78, 5) is 0. The molecule has 118 valence electrons. The summed E-state index contributed by atoms with van der Waals surface area (Å²) >= 11 is 1.73. The Kier molecular flexibility index (Phi) is 6.68. The maximum absolute atomic E-state index is 6.06. The molecule has 2 nitrogen and oxygen atoms in total. The molecule has 23 heavy (non-hydrogen) atoms. The lowest BCUT2D eigenvalue weighted by Crippen LogP contribution is -3.00. The van der Waals surface area contributed by atoms with Gasteiger partial charge in [-0.1, -0.05) is 66.7 Å². The number of nitrogens with zero attached hydrogens (tertiary/aromatic N) is 1. The molecule has 0 saturated heterocycles. The van der Waals surface area contributed by atoms with Gasteiger partial charge < -0.3 is 17.0 Å². The zero-order chi connectivity index (χ0) is 15.2. The van der Waals surface area contributed by atoms with Crippen LogP contribution in [0.4, 0.5) is 0 Å². The lowest BCUT2D eigenvalue weighted by molar-refractivity contribution is -0.884. The van der Waals surface area contributed by atoms with Crippen LogP contribution in [-0.2, 0) is 6.54 Å². The highest BCUT2D eigenvalue weighted by atomic mass is 79.9. The van der Waals surface area contributed by atoms with Crippen molar-refractivity contribution in [2.75, 3.05) is 5.75 Å². The number of aromatic nitrogens is 1. The van der Waals surface area contributed by atoms with E-state index in [9.17, 15) is 0 Å². The molecule has 0 radical (unpaired) electrons. The average Bonchev–Trinajstić information content (AvgIpc) is 2.97. The van der Waals surface area contributed by atoms with Crippen molar-refractivity contribution in [3.8, 4) is 11.3 Å². The Morgan fingerprint density at radius 2 is 1.65 bits per heavy atom. The van der Waals surface area contributed by atoms with E-state index in [1.165, 1.54) is 5.56 Å². The van der Waals surface area contributed by atoms with E-state index in [2.05, 4.69) is 36.9 Å². The van der Waals surface area contributed by atoms with Crippen LogP contribution in [0.1, 0.15) is 5.56 Å². The van der Waals surface area contributed by atoms with E-state index in [-0.39, 0.29) is 17.0 Å². The highest BCUT2D eigenvalue weighted by Gasteiger charge is 2.21. The Hall–Kier alpha value is -1.78. The minimum atomic E-state index is 0. The maximum atomic E-state index is 6.06. The second-order valence-corrected chi connectivity index (χ2v) is 5.97. The van der Waals surface area contributed by atoms with Gasteiger partial charge in [-0.25, -0.2) is 4.52 Å². The van der Waals surface area contributed by atoms with Gasteiger partial charge in [0.25, 0.3) is 5.03 Å². The molecule has 0 aliphatic heterocycles. The molecule has 0 bridgehead atoms. The molecule has 0 fully saturated rings. The summed E-state index contributed by atoms with van der Waals surface area (Å²) in [6, 6.07) is 22.6. The number of thioether (sulfide) groups is 1. The van der Waals surface area contributed by atoms with E-state index in [4.69, 9.17) is 4.52 Å². The molecule has 0 aliphatic carbocycles. The Labute approximate surface area is 151 Å². The second-order valence-electron chi connectivity index (χ2n) is 4.93. The summed E-state index contributed by atoms with van der Waals surface area (Å²) in [5, 5.41) is 1.11. The molecule has 0 saturated carbocycles. The number of hydrogen-bond acceptors (Lipinski definition) is 2. The molecule has 0 unspecified atom stereocenters. The van der Waals surface area contributed by atoms with Crippen LogP contribution in [0.5, 0.6) is 0 Å². The van der Waals surface area contributed by atoms with Gasteiger partial charge in [0.1, 0.15) is 0 Å². The van der Waals surface area contributed by atoms with Crippen LogP contribution in [0, 0.1) is 0 Å². The highest BCUT2D eigenvalue weighted by molar-refractivity contribution is 7.99. The number of benzene rings is 2. The summed E-state index contributed by atoms with van der Waals surface area (Å²) in [6.45, 7) is 4.52. The van der Waals surface area contributed by atoms with Gasteiger partial charge in [0, 0.05) is 16.9 Å². The zero-order valence-corrected chi connectivity index (χ0v) is 15.1. The van der Waals surface area contributed by atoms with Crippen molar-refractivity contribution in [3.63, 3.8) is 0 Å². The summed E-state index contributed by atoms with van der Waals surface area (Å²) in [5.74, 6) is 1.76. The van der Waals surface area contributed by atoms with Crippen molar-refractivity contribution >= 4 is 11.8 Å². The van der Waals surface area contributed by atoms with Crippen LogP contribution < -0.4 is 21.7 Å². The standard InChI is InChI=1S/C19H18NOS.BrH/c1-2-13-22-19-14-18(17-11-7-4-8-12-17)21-20(19)15-16-9-5-3-6-10-16;/h2-12,14H,1,13,15H2;1H/q+1;/p-1. The summed E-state index contributed by atoms with van der Waals surface area (Å²) in [6.07, 6.45) is 1.91. The first-order chi connectivity index (χ1) is 10.9. The van der Waals surface area contributed by atoms with Gasteiger partial charge in [0.15, 0.2) is 0 Å². The van der Waals surface area contributed by atoms with Crippen LogP contribution in [0.25, 0.3) is 11.3 Å². The van der Waals surface area contributed by atoms with Gasteiger partial charge in [0.05, 0.1) is 6.07 Å². The maximum Gasteiger partial charge on any atom is 0.289 e. The molecular weight excluding hydrogens is 370 g/mol. The highest BCUT2D eigenvalue weighted by Crippen LogP contribution is 2.24. The lowest BCUT2D eigenvalue weighted by Gasteiger charge is -1.95. The molecule has 3 aromatic rings. The predicted octanol–water partition coefficient (Wildman–Crippen LogP) is 1.56. The van der Waals surface area contributed by atoms with Gasteiger partial charge in [-0.2, -0.15) is 0 Å². The van der Waals surface area contributed by atoms with Crippen LogP contribution >= 0.6 is 11.8 Å². The quantitative estimate of drug-likeness (QED) is 0.362. The lowest BCUT2D eigenvalue weighted by atomic mass is 10.2. The Bertz CT molecular complexity index is 741. The number of rotatable bonds is 6. The molecule has 0 N–H and O–H groups in total. The molecule has 0 amide bonds. The van der Waals surface area contributed by atoms with Crippen molar-refractivity contribution in [1.29, 1.82) is 0 Å². The topological polar surface area (TPSA) is 17.0 Å².